The molecule has 13 heavy (non-hydrogen) atoms. The maximum absolute atomic E-state index is 12.6. The lowest BCUT2D eigenvalue weighted by Crippen LogP contribution is -2.34. The van der Waals surface area contributed by atoms with Gasteiger partial charge in [0.1, 0.15) is 5.82 Å². The Hall–Kier alpha value is -0.890. The molecule has 0 aliphatic carbocycles. The molecule has 1 nitrogen and oxygen atoms in total. The van der Waals surface area contributed by atoms with E-state index in [1.165, 1.54) is 12.1 Å². The van der Waals surface area contributed by atoms with Gasteiger partial charge in [-0.2, -0.15) is 0 Å². The van der Waals surface area contributed by atoms with Crippen LogP contribution in [0.25, 0.3) is 0 Å². The van der Waals surface area contributed by atoms with Crippen molar-refractivity contribution < 1.29 is 4.39 Å². The second-order valence-electron chi connectivity index (χ2n) is 3.37. The molecule has 0 saturated carbocycles. The predicted octanol–water partition coefficient (Wildman–Crippen LogP) is 2.80. The highest BCUT2D eigenvalue weighted by Crippen LogP contribution is 2.25. The van der Waals surface area contributed by atoms with Crippen LogP contribution in [0, 0.1) is 5.82 Å². The topological polar surface area (TPSA) is 26.0 Å². The van der Waals surface area contributed by atoms with Gasteiger partial charge in [0.2, 0.25) is 0 Å². The maximum Gasteiger partial charge on any atom is 0.123 e. The minimum absolute atomic E-state index is 0.210. The van der Waals surface area contributed by atoms with E-state index in [4.69, 9.17) is 5.73 Å². The first-order valence-corrected chi connectivity index (χ1v) is 4.67. The molecule has 1 aromatic rings. The van der Waals surface area contributed by atoms with Crippen LogP contribution < -0.4 is 5.73 Å². The van der Waals surface area contributed by atoms with Gasteiger partial charge in [0.15, 0.2) is 0 Å². The molecular formula is C11H16FN. The highest BCUT2D eigenvalue weighted by molar-refractivity contribution is 5.24. The Morgan fingerprint density at radius 2 is 1.62 bits per heavy atom. The fraction of sp³-hybridized carbons (Fsp3) is 0.455. The summed E-state index contributed by atoms with van der Waals surface area (Å²) in [5, 5.41) is 0. The molecule has 2 heteroatoms. The van der Waals surface area contributed by atoms with Crippen molar-refractivity contribution >= 4 is 0 Å². The van der Waals surface area contributed by atoms with Gasteiger partial charge in [-0.1, -0.05) is 26.0 Å². The molecule has 0 spiro atoms. The smallest absolute Gasteiger partial charge is 0.123 e. The fourth-order valence-corrected chi connectivity index (χ4v) is 1.44. The van der Waals surface area contributed by atoms with E-state index < -0.39 is 0 Å². The van der Waals surface area contributed by atoms with E-state index in [0.717, 1.165) is 18.4 Å². The molecule has 0 bridgehead atoms. The molecule has 1 aromatic carbocycles. The third-order valence-electron chi connectivity index (χ3n) is 2.68. The predicted molar refractivity (Wildman–Crippen MR) is 52.8 cm³/mol. The number of hydrogen-bond acceptors (Lipinski definition) is 1. The third kappa shape index (κ3) is 2.07. The van der Waals surface area contributed by atoms with Gasteiger partial charge < -0.3 is 5.73 Å². The molecule has 0 heterocycles. The lowest BCUT2D eigenvalue weighted by Gasteiger charge is -2.27. The summed E-state index contributed by atoms with van der Waals surface area (Å²) in [6.45, 7) is 4.10. The van der Waals surface area contributed by atoms with Crippen molar-refractivity contribution in [2.75, 3.05) is 0 Å². The van der Waals surface area contributed by atoms with Gasteiger partial charge >= 0.3 is 0 Å². The number of benzene rings is 1. The van der Waals surface area contributed by atoms with Gasteiger partial charge in [0, 0.05) is 5.54 Å². The minimum Gasteiger partial charge on any atom is -0.321 e. The van der Waals surface area contributed by atoms with Crippen molar-refractivity contribution in [1.29, 1.82) is 0 Å². The van der Waals surface area contributed by atoms with Gasteiger partial charge in [-0.25, -0.2) is 4.39 Å². The van der Waals surface area contributed by atoms with E-state index in [2.05, 4.69) is 0 Å². The van der Waals surface area contributed by atoms with Gasteiger partial charge in [-0.3, -0.25) is 0 Å². The van der Waals surface area contributed by atoms with E-state index in [1.807, 2.05) is 13.8 Å². The molecule has 72 valence electrons. The van der Waals surface area contributed by atoms with Crippen LogP contribution in [-0.2, 0) is 5.54 Å². The molecule has 0 atom stereocenters. The van der Waals surface area contributed by atoms with Crippen molar-refractivity contribution in [3.8, 4) is 0 Å². The second kappa shape index (κ2) is 3.88. The van der Waals surface area contributed by atoms with Crippen molar-refractivity contribution in [2.45, 2.75) is 32.2 Å². The zero-order valence-corrected chi connectivity index (χ0v) is 8.18. The van der Waals surface area contributed by atoms with E-state index in [1.54, 1.807) is 12.1 Å². The summed E-state index contributed by atoms with van der Waals surface area (Å²) in [4.78, 5) is 0. The zero-order chi connectivity index (χ0) is 9.90. The van der Waals surface area contributed by atoms with E-state index in [-0.39, 0.29) is 11.4 Å². The minimum atomic E-state index is -0.298. The first-order chi connectivity index (χ1) is 6.12. The summed E-state index contributed by atoms with van der Waals surface area (Å²) in [6, 6.07) is 6.45. The average molecular weight is 181 g/mol. The molecule has 0 aromatic heterocycles. The van der Waals surface area contributed by atoms with Crippen molar-refractivity contribution in [1.82, 2.24) is 0 Å². The summed E-state index contributed by atoms with van der Waals surface area (Å²) in [6.07, 6.45) is 1.74. The SMILES string of the molecule is CCC(N)(CC)c1ccc(F)cc1. The second-order valence-corrected chi connectivity index (χ2v) is 3.37. The van der Waals surface area contributed by atoms with Crippen LogP contribution in [0.15, 0.2) is 24.3 Å². The lowest BCUT2D eigenvalue weighted by molar-refractivity contribution is 0.412. The summed E-state index contributed by atoms with van der Waals surface area (Å²) >= 11 is 0. The summed E-state index contributed by atoms with van der Waals surface area (Å²) < 4.78 is 12.6. The van der Waals surface area contributed by atoms with Crippen LogP contribution in [0.1, 0.15) is 32.3 Å². The maximum atomic E-state index is 12.6. The molecular weight excluding hydrogens is 165 g/mol. The molecule has 0 fully saturated rings. The monoisotopic (exact) mass is 181 g/mol. The summed E-state index contributed by atoms with van der Waals surface area (Å²) in [7, 11) is 0. The Bertz CT molecular complexity index is 262. The Morgan fingerprint density at radius 3 is 2.00 bits per heavy atom. The van der Waals surface area contributed by atoms with E-state index in [9.17, 15) is 4.39 Å². The highest BCUT2D eigenvalue weighted by Gasteiger charge is 2.22. The summed E-state index contributed by atoms with van der Waals surface area (Å²) in [5.41, 5.74) is 6.86. The van der Waals surface area contributed by atoms with Crippen LogP contribution in [-0.4, -0.2) is 0 Å². The fourth-order valence-electron chi connectivity index (χ4n) is 1.44. The van der Waals surface area contributed by atoms with Crippen LogP contribution >= 0.6 is 0 Å². The molecule has 0 amide bonds. The van der Waals surface area contributed by atoms with Crippen LogP contribution in [0.4, 0.5) is 4.39 Å². The Morgan fingerprint density at radius 1 is 1.15 bits per heavy atom. The Labute approximate surface area is 78.8 Å². The first kappa shape index (κ1) is 10.2. The normalized spacial score (nSPS) is 11.7. The van der Waals surface area contributed by atoms with Crippen molar-refractivity contribution in [2.24, 2.45) is 5.73 Å². The van der Waals surface area contributed by atoms with Gasteiger partial charge in [0.25, 0.3) is 0 Å². The molecule has 0 aliphatic heterocycles. The summed E-state index contributed by atoms with van der Waals surface area (Å²) in [5.74, 6) is -0.210. The third-order valence-corrected chi connectivity index (χ3v) is 2.68. The van der Waals surface area contributed by atoms with Crippen LogP contribution in [0.3, 0.4) is 0 Å². The van der Waals surface area contributed by atoms with E-state index >= 15 is 0 Å². The molecule has 0 saturated heterocycles. The average Bonchev–Trinajstić information content (AvgIpc) is 2.18. The van der Waals surface area contributed by atoms with Crippen LogP contribution in [0.2, 0.25) is 0 Å². The van der Waals surface area contributed by atoms with Gasteiger partial charge in [-0.15, -0.1) is 0 Å². The number of hydrogen-bond donors (Lipinski definition) is 1. The molecule has 0 radical (unpaired) electrons. The number of rotatable bonds is 3. The molecule has 1 rings (SSSR count). The van der Waals surface area contributed by atoms with Gasteiger partial charge in [0.05, 0.1) is 0 Å². The zero-order valence-electron chi connectivity index (χ0n) is 8.18. The Kier molecular flexibility index (Phi) is 3.04. The van der Waals surface area contributed by atoms with Crippen molar-refractivity contribution in [3.63, 3.8) is 0 Å². The number of nitrogens with two attached hydrogens (primary N) is 1. The quantitative estimate of drug-likeness (QED) is 0.762. The standard InChI is InChI=1S/C11H16FN/c1-3-11(13,4-2)9-5-7-10(12)8-6-9/h5-8H,3-4,13H2,1-2H3. The largest absolute Gasteiger partial charge is 0.321 e. The highest BCUT2D eigenvalue weighted by atomic mass is 19.1. The molecule has 2 N–H and O–H groups in total. The van der Waals surface area contributed by atoms with Gasteiger partial charge in [-0.05, 0) is 30.5 Å². The van der Waals surface area contributed by atoms with Crippen LogP contribution in [0.5, 0.6) is 0 Å². The molecule has 0 unspecified atom stereocenters. The molecule has 0 aliphatic rings. The lowest BCUT2D eigenvalue weighted by atomic mass is 9.86. The first-order valence-electron chi connectivity index (χ1n) is 4.67. The van der Waals surface area contributed by atoms with Crippen molar-refractivity contribution in [3.05, 3.63) is 35.6 Å². The number of halogens is 1. The Balaban J connectivity index is 2.99. The van der Waals surface area contributed by atoms with E-state index in [0.29, 0.717) is 0 Å².